The van der Waals surface area contributed by atoms with E-state index in [1.54, 1.807) is 0 Å². The number of fused-ring (bicyclic) bond motifs is 3. The zero-order valence-corrected chi connectivity index (χ0v) is 8.55. The van der Waals surface area contributed by atoms with Crippen molar-refractivity contribution in [1.82, 2.24) is 0 Å². The average Bonchev–Trinajstić information content (AvgIpc) is 2.66. The molecule has 1 heterocycles. The summed E-state index contributed by atoms with van der Waals surface area (Å²) in [5.74, 6) is 0. The molecule has 16 heavy (non-hydrogen) atoms. The molecule has 0 aliphatic rings. The lowest BCUT2D eigenvalue weighted by Crippen LogP contribution is -2.40. The molecule has 0 aliphatic carbocycles. The smallest absolute Gasteiger partial charge is 0.411 e. The Morgan fingerprint density at radius 2 is 1.75 bits per heavy atom. The largest absolute Gasteiger partial charge is 0.456 e. The molecule has 3 aromatic rings. The third-order valence-corrected chi connectivity index (χ3v) is 2.75. The molecule has 0 radical (unpaired) electrons. The maximum Gasteiger partial charge on any atom is 0.411 e. The van der Waals surface area contributed by atoms with Crippen LogP contribution in [0.1, 0.15) is 0 Å². The fourth-order valence-electron chi connectivity index (χ4n) is 2.05. The van der Waals surface area contributed by atoms with Gasteiger partial charge in [-0.3, -0.25) is 0 Å². The zero-order valence-electron chi connectivity index (χ0n) is 8.55. The molecule has 0 saturated heterocycles. The molecule has 2 aromatic carbocycles. The number of hydrogen-bond donors (Lipinski definition) is 2. The maximum atomic E-state index is 9.54. The molecular weight excluding hydrogens is 201 g/mol. The summed E-state index contributed by atoms with van der Waals surface area (Å²) in [5, 5.41) is 11.4. The van der Waals surface area contributed by atoms with Crippen LogP contribution in [0.2, 0.25) is 0 Å². The number of para-hydroxylation sites is 1. The molecule has 3 nitrogen and oxygen atoms in total. The summed E-state index contributed by atoms with van der Waals surface area (Å²) in [6, 6.07) is 13.3. The predicted molar refractivity (Wildman–Crippen MR) is 65.5 cm³/mol. The Balaban J connectivity index is 2.53. The summed E-state index contributed by atoms with van der Waals surface area (Å²) in [6.07, 6.45) is 0. The minimum absolute atomic E-state index is 0.697. The Bertz CT molecular complexity index is 660. The van der Waals surface area contributed by atoms with E-state index in [1.165, 1.54) is 0 Å². The van der Waals surface area contributed by atoms with Crippen LogP contribution in [0, 0.1) is 0 Å². The first-order valence-corrected chi connectivity index (χ1v) is 5.11. The molecule has 78 valence electrons. The monoisotopic (exact) mass is 211 g/mol. The molecule has 3 N–H and O–H groups in total. The first kappa shape index (κ1) is 9.45. The van der Waals surface area contributed by atoms with Gasteiger partial charge in [0.1, 0.15) is 11.2 Å². The number of benzene rings is 2. The lowest BCUT2D eigenvalue weighted by Gasteiger charge is -2.01. The van der Waals surface area contributed by atoms with Gasteiger partial charge in [-0.15, -0.1) is 0 Å². The predicted octanol–water partition coefficient (Wildman–Crippen LogP) is 1.23. The van der Waals surface area contributed by atoms with Crippen molar-refractivity contribution < 1.29 is 9.44 Å². The Kier molecular flexibility index (Phi) is 1.99. The van der Waals surface area contributed by atoms with Gasteiger partial charge in [0, 0.05) is 10.8 Å². The summed E-state index contributed by atoms with van der Waals surface area (Å²) in [7, 11) is -0.982. The van der Waals surface area contributed by atoms with Crippen molar-refractivity contribution in [2.75, 3.05) is 0 Å². The number of nitrogens with two attached hydrogens (primary N) is 1. The van der Waals surface area contributed by atoms with Crippen molar-refractivity contribution >= 4 is 34.5 Å². The summed E-state index contributed by atoms with van der Waals surface area (Å²) in [6.45, 7) is 0. The first-order chi connectivity index (χ1) is 7.77. The number of rotatable bonds is 1. The van der Waals surface area contributed by atoms with E-state index in [4.69, 9.17) is 10.1 Å². The third kappa shape index (κ3) is 1.24. The van der Waals surface area contributed by atoms with Gasteiger partial charge < -0.3 is 15.1 Å². The summed E-state index contributed by atoms with van der Waals surface area (Å²) in [4.78, 5) is 0. The minimum atomic E-state index is -0.982. The highest BCUT2D eigenvalue weighted by molar-refractivity contribution is 6.66. The maximum absolute atomic E-state index is 9.54. The molecule has 0 unspecified atom stereocenters. The van der Waals surface area contributed by atoms with Crippen molar-refractivity contribution in [2.45, 2.75) is 0 Å². The van der Waals surface area contributed by atoms with Gasteiger partial charge in [0.25, 0.3) is 0 Å². The van der Waals surface area contributed by atoms with E-state index in [-0.39, 0.29) is 0 Å². The van der Waals surface area contributed by atoms with Gasteiger partial charge in [-0.2, -0.15) is 0 Å². The quantitative estimate of drug-likeness (QED) is 0.595. The highest BCUT2D eigenvalue weighted by atomic mass is 16.3. The Hall–Kier alpha value is -1.78. The van der Waals surface area contributed by atoms with Crippen LogP contribution in [0.5, 0.6) is 0 Å². The third-order valence-electron chi connectivity index (χ3n) is 2.75. The SMILES string of the molecule is NB(O)c1cccc2oc3ccccc3c12. The normalized spacial score (nSPS) is 11.1. The molecule has 0 aliphatic heterocycles. The van der Waals surface area contributed by atoms with Gasteiger partial charge >= 0.3 is 7.05 Å². The van der Waals surface area contributed by atoms with Gasteiger partial charge in [-0.25, -0.2) is 0 Å². The molecular formula is C12H10BNO2. The van der Waals surface area contributed by atoms with E-state index in [1.807, 2.05) is 42.5 Å². The number of furan rings is 1. The molecule has 0 saturated carbocycles. The molecule has 3 rings (SSSR count). The summed E-state index contributed by atoms with van der Waals surface area (Å²) in [5.41, 5.74) is 7.80. The highest BCUT2D eigenvalue weighted by Gasteiger charge is 2.16. The van der Waals surface area contributed by atoms with E-state index in [9.17, 15) is 5.02 Å². The topological polar surface area (TPSA) is 59.4 Å². The lowest BCUT2D eigenvalue weighted by atomic mass is 9.74. The van der Waals surface area contributed by atoms with Crippen LogP contribution in [0.15, 0.2) is 46.9 Å². The van der Waals surface area contributed by atoms with Crippen molar-refractivity contribution in [1.29, 1.82) is 0 Å². The van der Waals surface area contributed by atoms with Crippen molar-refractivity contribution in [3.05, 3.63) is 42.5 Å². The Labute approximate surface area is 92.6 Å². The second-order valence-electron chi connectivity index (χ2n) is 3.76. The van der Waals surface area contributed by atoms with Gasteiger partial charge in [0.2, 0.25) is 0 Å². The second kappa shape index (κ2) is 3.37. The van der Waals surface area contributed by atoms with Crippen molar-refractivity contribution in [3.8, 4) is 0 Å². The van der Waals surface area contributed by atoms with E-state index in [0.717, 1.165) is 21.9 Å². The molecule has 0 fully saturated rings. The van der Waals surface area contributed by atoms with Crippen molar-refractivity contribution in [2.24, 2.45) is 5.64 Å². The molecule has 1 aromatic heterocycles. The molecule has 0 atom stereocenters. The Morgan fingerprint density at radius 1 is 1.00 bits per heavy atom. The zero-order chi connectivity index (χ0) is 11.1. The second-order valence-corrected chi connectivity index (χ2v) is 3.76. The van der Waals surface area contributed by atoms with Crippen LogP contribution < -0.4 is 11.1 Å². The Morgan fingerprint density at radius 3 is 2.56 bits per heavy atom. The minimum Gasteiger partial charge on any atom is -0.456 e. The molecule has 0 amide bonds. The molecule has 4 heteroatoms. The van der Waals surface area contributed by atoms with E-state index >= 15 is 0 Å². The van der Waals surface area contributed by atoms with Gasteiger partial charge in [-0.1, -0.05) is 30.3 Å². The lowest BCUT2D eigenvalue weighted by molar-refractivity contribution is 0.588. The van der Waals surface area contributed by atoms with E-state index in [0.29, 0.717) is 5.46 Å². The fraction of sp³-hybridized carbons (Fsp3) is 0. The summed E-state index contributed by atoms with van der Waals surface area (Å²) < 4.78 is 5.68. The standard InChI is InChI=1S/C12H10BNO2/c14-13(15)9-5-3-7-11-12(9)8-4-1-2-6-10(8)16-11/h1-7,15H,14H2. The molecule has 0 bridgehead atoms. The van der Waals surface area contributed by atoms with E-state index < -0.39 is 7.05 Å². The van der Waals surface area contributed by atoms with Crippen LogP contribution in [-0.2, 0) is 0 Å². The van der Waals surface area contributed by atoms with Crippen LogP contribution in [0.4, 0.5) is 0 Å². The van der Waals surface area contributed by atoms with E-state index in [2.05, 4.69) is 0 Å². The van der Waals surface area contributed by atoms with Gasteiger partial charge in [0.15, 0.2) is 0 Å². The highest BCUT2D eigenvalue weighted by Crippen LogP contribution is 2.26. The van der Waals surface area contributed by atoms with Crippen molar-refractivity contribution in [3.63, 3.8) is 0 Å². The molecule has 0 spiro atoms. The average molecular weight is 211 g/mol. The fourth-order valence-corrected chi connectivity index (χ4v) is 2.05. The van der Waals surface area contributed by atoms with Gasteiger partial charge in [0.05, 0.1) is 0 Å². The van der Waals surface area contributed by atoms with Gasteiger partial charge in [-0.05, 0) is 17.6 Å². The van der Waals surface area contributed by atoms with Crippen LogP contribution in [0.3, 0.4) is 0 Å². The van der Waals surface area contributed by atoms with Crippen LogP contribution >= 0.6 is 0 Å². The summed E-state index contributed by atoms with van der Waals surface area (Å²) >= 11 is 0. The van der Waals surface area contributed by atoms with Crippen LogP contribution in [-0.4, -0.2) is 12.1 Å². The first-order valence-electron chi connectivity index (χ1n) is 5.11. The number of hydrogen-bond acceptors (Lipinski definition) is 3. The van der Waals surface area contributed by atoms with Crippen LogP contribution in [0.25, 0.3) is 21.9 Å².